The van der Waals surface area contributed by atoms with E-state index in [0.29, 0.717) is 6.54 Å². The SMILES string of the molecule is NCc1ccccc1CC(=O)NCC(O)CO. The largest absolute Gasteiger partial charge is 0.394 e. The van der Waals surface area contributed by atoms with Crippen molar-refractivity contribution in [1.82, 2.24) is 5.32 Å². The van der Waals surface area contributed by atoms with Gasteiger partial charge < -0.3 is 21.3 Å². The lowest BCUT2D eigenvalue weighted by molar-refractivity contribution is -0.121. The van der Waals surface area contributed by atoms with E-state index in [9.17, 15) is 4.79 Å². The third kappa shape index (κ3) is 4.52. The number of aliphatic hydroxyl groups excluding tert-OH is 2. The summed E-state index contributed by atoms with van der Waals surface area (Å²) in [6, 6.07) is 7.46. The Labute approximate surface area is 100 Å². The van der Waals surface area contributed by atoms with E-state index in [0.717, 1.165) is 11.1 Å². The van der Waals surface area contributed by atoms with Gasteiger partial charge in [0.15, 0.2) is 0 Å². The van der Waals surface area contributed by atoms with E-state index >= 15 is 0 Å². The van der Waals surface area contributed by atoms with Gasteiger partial charge in [0.25, 0.3) is 0 Å². The summed E-state index contributed by atoms with van der Waals surface area (Å²) < 4.78 is 0. The fourth-order valence-corrected chi connectivity index (χ4v) is 1.46. The second-order valence-corrected chi connectivity index (χ2v) is 3.79. The van der Waals surface area contributed by atoms with E-state index in [2.05, 4.69) is 5.32 Å². The van der Waals surface area contributed by atoms with Gasteiger partial charge in [-0.3, -0.25) is 4.79 Å². The Morgan fingerprint density at radius 2 is 2.00 bits per heavy atom. The van der Waals surface area contributed by atoms with Gasteiger partial charge in [-0.05, 0) is 11.1 Å². The van der Waals surface area contributed by atoms with Crippen LogP contribution >= 0.6 is 0 Å². The zero-order valence-corrected chi connectivity index (χ0v) is 9.60. The van der Waals surface area contributed by atoms with Gasteiger partial charge in [-0.15, -0.1) is 0 Å². The summed E-state index contributed by atoms with van der Waals surface area (Å²) >= 11 is 0. The maximum atomic E-state index is 11.6. The Bertz CT molecular complexity index is 369. The van der Waals surface area contributed by atoms with Gasteiger partial charge in [-0.25, -0.2) is 0 Å². The second kappa shape index (κ2) is 7.01. The molecule has 0 aliphatic rings. The number of benzene rings is 1. The van der Waals surface area contributed by atoms with E-state index in [1.54, 1.807) is 0 Å². The maximum Gasteiger partial charge on any atom is 0.224 e. The third-order valence-corrected chi connectivity index (χ3v) is 2.43. The second-order valence-electron chi connectivity index (χ2n) is 3.79. The molecule has 1 amide bonds. The molecule has 0 spiro atoms. The molecule has 1 atom stereocenters. The average Bonchev–Trinajstić information content (AvgIpc) is 2.36. The van der Waals surface area contributed by atoms with Crippen LogP contribution in [-0.2, 0) is 17.8 Å². The highest BCUT2D eigenvalue weighted by Crippen LogP contribution is 2.08. The van der Waals surface area contributed by atoms with Crippen LogP contribution in [0.3, 0.4) is 0 Å². The molecule has 1 unspecified atom stereocenters. The molecule has 0 heterocycles. The third-order valence-electron chi connectivity index (χ3n) is 2.43. The molecular weight excluding hydrogens is 220 g/mol. The first-order chi connectivity index (χ1) is 8.17. The van der Waals surface area contributed by atoms with E-state index < -0.39 is 6.10 Å². The van der Waals surface area contributed by atoms with Crippen LogP contribution in [0.15, 0.2) is 24.3 Å². The topological polar surface area (TPSA) is 95.6 Å². The van der Waals surface area contributed by atoms with Gasteiger partial charge in [-0.1, -0.05) is 24.3 Å². The molecular formula is C12H18N2O3. The minimum absolute atomic E-state index is 0.0557. The molecule has 1 aromatic carbocycles. The van der Waals surface area contributed by atoms with E-state index in [4.69, 9.17) is 15.9 Å². The first-order valence-electron chi connectivity index (χ1n) is 5.49. The predicted octanol–water partition coefficient (Wildman–Crippen LogP) is -0.843. The number of nitrogens with one attached hydrogen (secondary N) is 1. The van der Waals surface area contributed by atoms with E-state index in [1.165, 1.54) is 0 Å². The number of amides is 1. The predicted molar refractivity (Wildman–Crippen MR) is 64.1 cm³/mol. The van der Waals surface area contributed by atoms with E-state index in [-0.39, 0.29) is 25.5 Å². The molecule has 0 radical (unpaired) electrons. The molecule has 1 aromatic rings. The molecule has 5 N–H and O–H groups in total. The lowest BCUT2D eigenvalue weighted by Gasteiger charge is -2.10. The molecule has 0 saturated carbocycles. The Kier molecular flexibility index (Phi) is 5.62. The monoisotopic (exact) mass is 238 g/mol. The van der Waals surface area contributed by atoms with Crippen LogP contribution in [0.2, 0.25) is 0 Å². The zero-order chi connectivity index (χ0) is 12.7. The van der Waals surface area contributed by atoms with Crippen molar-refractivity contribution in [3.63, 3.8) is 0 Å². The summed E-state index contributed by atoms with van der Waals surface area (Å²) in [4.78, 5) is 11.6. The van der Waals surface area contributed by atoms with Crippen LogP contribution in [0.4, 0.5) is 0 Å². The standard InChI is InChI=1S/C12H18N2O3/c13-6-10-4-2-1-3-9(10)5-12(17)14-7-11(16)8-15/h1-4,11,15-16H,5-8,13H2,(H,14,17). The molecule has 5 nitrogen and oxygen atoms in total. The highest BCUT2D eigenvalue weighted by atomic mass is 16.3. The quantitative estimate of drug-likeness (QED) is 0.519. The number of carbonyl (C=O) groups is 1. The lowest BCUT2D eigenvalue weighted by Crippen LogP contribution is -2.34. The molecule has 0 aliphatic heterocycles. The molecule has 0 fully saturated rings. The number of nitrogens with two attached hydrogens (primary N) is 1. The first-order valence-corrected chi connectivity index (χ1v) is 5.49. The Morgan fingerprint density at radius 3 is 2.59 bits per heavy atom. The van der Waals surface area contributed by atoms with Crippen LogP contribution in [-0.4, -0.2) is 35.4 Å². The van der Waals surface area contributed by atoms with Crippen molar-refractivity contribution in [3.05, 3.63) is 35.4 Å². The van der Waals surface area contributed by atoms with Crippen molar-refractivity contribution in [3.8, 4) is 0 Å². The summed E-state index contributed by atoms with van der Waals surface area (Å²) in [6.07, 6.45) is -0.686. The molecule has 0 aromatic heterocycles. The minimum atomic E-state index is -0.913. The summed E-state index contributed by atoms with van der Waals surface area (Å²) in [5.74, 6) is -0.196. The highest BCUT2D eigenvalue weighted by molar-refractivity contribution is 5.78. The van der Waals surface area contributed by atoms with Crippen LogP contribution in [0.5, 0.6) is 0 Å². The number of hydrogen-bond acceptors (Lipinski definition) is 4. The van der Waals surface area contributed by atoms with Gasteiger partial charge in [0.2, 0.25) is 5.91 Å². The smallest absolute Gasteiger partial charge is 0.224 e. The van der Waals surface area contributed by atoms with Crippen LogP contribution in [0.25, 0.3) is 0 Å². The number of rotatable bonds is 6. The molecule has 17 heavy (non-hydrogen) atoms. The normalized spacial score (nSPS) is 12.2. The number of carbonyl (C=O) groups excluding carboxylic acids is 1. The number of aliphatic hydroxyl groups is 2. The summed E-state index contributed by atoms with van der Waals surface area (Å²) in [7, 11) is 0. The van der Waals surface area contributed by atoms with Crippen LogP contribution < -0.4 is 11.1 Å². The van der Waals surface area contributed by atoms with Crippen LogP contribution in [0, 0.1) is 0 Å². The summed E-state index contributed by atoms with van der Waals surface area (Å²) in [5.41, 5.74) is 7.38. The fraction of sp³-hybridized carbons (Fsp3) is 0.417. The van der Waals surface area contributed by atoms with Crippen molar-refractivity contribution in [1.29, 1.82) is 0 Å². The summed E-state index contributed by atoms with van der Waals surface area (Å²) in [6.45, 7) is 0.0858. The minimum Gasteiger partial charge on any atom is -0.394 e. The van der Waals surface area contributed by atoms with Gasteiger partial charge >= 0.3 is 0 Å². The Morgan fingerprint density at radius 1 is 1.35 bits per heavy atom. The van der Waals surface area contributed by atoms with Crippen molar-refractivity contribution >= 4 is 5.91 Å². The molecule has 5 heteroatoms. The first kappa shape index (κ1) is 13.6. The molecule has 94 valence electrons. The molecule has 1 rings (SSSR count). The number of hydrogen-bond donors (Lipinski definition) is 4. The van der Waals surface area contributed by atoms with E-state index in [1.807, 2.05) is 24.3 Å². The molecule has 0 saturated heterocycles. The van der Waals surface area contributed by atoms with Crippen LogP contribution in [0.1, 0.15) is 11.1 Å². The average molecular weight is 238 g/mol. The zero-order valence-electron chi connectivity index (χ0n) is 9.60. The van der Waals surface area contributed by atoms with Gasteiger partial charge in [0.1, 0.15) is 0 Å². The van der Waals surface area contributed by atoms with Crippen molar-refractivity contribution in [2.24, 2.45) is 5.73 Å². The highest BCUT2D eigenvalue weighted by Gasteiger charge is 2.08. The van der Waals surface area contributed by atoms with Crippen molar-refractivity contribution in [2.75, 3.05) is 13.2 Å². The van der Waals surface area contributed by atoms with Crippen molar-refractivity contribution in [2.45, 2.75) is 19.1 Å². The maximum absolute atomic E-state index is 11.6. The van der Waals surface area contributed by atoms with Crippen molar-refractivity contribution < 1.29 is 15.0 Å². The Hall–Kier alpha value is -1.43. The Balaban J connectivity index is 2.50. The summed E-state index contributed by atoms with van der Waals surface area (Å²) in [5, 5.41) is 20.2. The lowest BCUT2D eigenvalue weighted by atomic mass is 10.0. The fourth-order valence-electron chi connectivity index (χ4n) is 1.46. The van der Waals surface area contributed by atoms with Gasteiger partial charge in [-0.2, -0.15) is 0 Å². The van der Waals surface area contributed by atoms with Gasteiger partial charge in [0, 0.05) is 13.1 Å². The van der Waals surface area contributed by atoms with Gasteiger partial charge in [0.05, 0.1) is 19.1 Å². The molecule has 0 aliphatic carbocycles. The molecule has 0 bridgehead atoms.